The van der Waals surface area contributed by atoms with E-state index in [9.17, 15) is 14.9 Å². The molecule has 0 aliphatic heterocycles. The van der Waals surface area contributed by atoms with Crippen LogP contribution in [0.2, 0.25) is 0 Å². The van der Waals surface area contributed by atoms with Crippen molar-refractivity contribution in [1.29, 1.82) is 0 Å². The van der Waals surface area contributed by atoms with Crippen molar-refractivity contribution >= 4 is 34.0 Å². The molecule has 9 nitrogen and oxygen atoms in total. The molecule has 0 unspecified atom stereocenters. The number of hydrogen-bond donors (Lipinski definition) is 2. The van der Waals surface area contributed by atoms with Gasteiger partial charge in [0.15, 0.2) is 5.75 Å². The standard InChI is InChI=1S/C17H17N5O4/c1-10-13-6-4-11(8-14(13)20-21(10)2)18-17(23)19-12-5-7-16(26-3)15(9-12)22(24)25/h4-9H,1-3H3,(H2,18,19,23). The first-order valence-electron chi connectivity index (χ1n) is 7.73. The number of hydrogen-bond acceptors (Lipinski definition) is 5. The first-order valence-corrected chi connectivity index (χ1v) is 7.73. The molecule has 1 aromatic heterocycles. The highest BCUT2D eigenvalue weighted by atomic mass is 16.6. The van der Waals surface area contributed by atoms with Crippen LogP contribution in [0.3, 0.4) is 0 Å². The van der Waals surface area contributed by atoms with Crippen molar-refractivity contribution in [3.8, 4) is 5.75 Å². The van der Waals surface area contributed by atoms with Crippen molar-refractivity contribution in [1.82, 2.24) is 9.78 Å². The number of carbonyl (C=O) groups is 1. The monoisotopic (exact) mass is 355 g/mol. The minimum atomic E-state index is -0.570. The van der Waals surface area contributed by atoms with Crippen LogP contribution in [0.5, 0.6) is 5.75 Å². The number of amides is 2. The molecule has 2 N–H and O–H groups in total. The number of rotatable bonds is 4. The summed E-state index contributed by atoms with van der Waals surface area (Å²) in [5, 5.41) is 21.7. The second kappa shape index (κ2) is 6.71. The summed E-state index contributed by atoms with van der Waals surface area (Å²) in [5.41, 5.74) is 2.42. The fraction of sp³-hybridized carbons (Fsp3) is 0.176. The quantitative estimate of drug-likeness (QED) is 0.550. The Labute approximate surface area is 148 Å². The van der Waals surface area contributed by atoms with Crippen LogP contribution in [0.25, 0.3) is 10.9 Å². The molecule has 0 saturated carbocycles. The highest BCUT2D eigenvalue weighted by molar-refractivity contribution is 6.01. The average molecular weight is 355 g/mol. The van der Waals surface area contributed by atoms with E-state index in [0.29, 0.717) is 5.69 Å². The van der Waals surface area contributed by atoms with E-state index >= 15 is 0 Å². The van der Waals surface area contributed by atoms with Gasteiger partial charge in [0, 0.05) is 35.6 Å². The SMILES string of the molecule is COc1ccc(NC(=O)Nc2ccc3c(C)n(C)nc3c2)cc1[N+](=O)[O-]. The third-order valence-corrected chi connectivity index (χ3v) is 4.02. The Hall–Kier alpha value is -3.62. The van der Waals surface area contributed by atoms with Crippen molar-refractivity contribution in [3.63, 3.8) is 0 Å². The number of benzene rings is 2. The fourth-order valence-corrected chi connectivity index (χ4v) is 2.61. The molecule has 0 aliphatic rings. The number of nitrogens with one attached hydrogen (secondary N) is 2. The lowest BCUT2D eigenvalue weighted by atomic mass is 10.2. The summed E-state index contributed by atoms with van der Waals surface area (Å²) in [6, 6.07) is 9.09. The van der Waals surface area contributed by atoms with Crippen molar-refractivity contribution in [2.45, 2.75) is 6.92 Å². The highest BCUT2D eigenvalue weighted by Crippen LogP contribution is 2.29. The molecule has 0 saturated heterocycles. The number of fused-ring (bicyclic) bond motifs is 1. The van der Waals surface area contributed by atoms with E-state index in [-0.39, 0.29) is 17.1 Å². The zero-order chi connectivity index (χ0) is 18.8. The van der Waals surface area contributed by atoms with Crippen LogP contribution in [0, 0.1) is 17.0 Å². The molecule has 2 amide bonds. The molecule has 0 spiro atoms. The van der Waals surface area contributed by atoms with Crippen molar-refractivity contribution in [3.05, 3.63) is 52.2 Å². The van der Waals surface area contributed by atoms with E-state index in [1.165, 1.54) is 25.3 Å². The van der Waals surface area contributed by atoms with Gasteiger partial charge in [0.2, 0.25) is 0 Å². The van der Waals surface area contributed by atoms with E-state index in [2.05, 4.69) is 15.7 Å². The van der Waals surface area contributed by atoms with E-state index < -0.39 is 11.0 Å². The number of nitro benzene ring substituents is 1. The number of methoxy groups -OCH3 is 1. The third-order valence-electron chi connectivity index (χ3n) is 4.02. The van der Waals surface area contributed by atoms with Gasteiger partial charge < -0.3 is 15.4 Å². The zero-order valence-corrected chi connectivity index (χ0v) is 14.4. The van der Waals surface area contributed by atoms with Crippen molar-refractivity contribution in [2.24, 2.45) is 7.05 Å². The van der Waals surface area contributed by atoms with Gasteiger partial charge in [-0.05, 0) is 37.3 Å². The predicted molar refractivity (Wildman–Crippen MR) is 97.7 cm³/mol. The lowest BCUT2D eigenvalue weighted by Gasteiger charge is -2.09. The second-order valence-electron chi connectivity index (χ2n) is 5.66. The fourth-order valence-electron chi connectivity index (χ4n) is 2.61. The number of nitro groups is 1. The number of ether oxygens (including phenoxy) is 1. The summed E-state index contributed by atoms with van der Waals surface area (Å²) in [7, 11) is 3.20. The lowest BCUT2D eigenvalue weighted by Crippen LogP contribution is -2.19. The Morgan fingerprint density at radius 1 is 1.19 bits per heavy atom. The first-order chi connectivity index (χ1) is 12.4. The number of urea groups is 1. The Kier molecular flexibility index (Phi) is 4.44. The van der Waals surface area contributed by atoms with Gasteiger partial charge in [0.25, 0.3) is 0 Å². The van der Waals surface area contributed by atoms with Crippen LogP contribution in [0.4, 0.5) is 21.9 Å². The van der Waals surface area contributed by atoms with Gasteiger partial charge in [-0.25, -0.2) is 4.79 Å². The van der Waals surface area contributed by atoms with Gasteiger partial charge in [0.05, 0.1) is 17.5 Å². The second-order valence-corrected chi connectivity index (χ2v) is 5.66. The molecule has 9 heteroatoms. The first kappa shape index (κ1) is 17.2. The molecule has 0 atom stereocenters. The van der Waals surface area contributed by atoms with Crippen LogP contribution in [-0.4, -0.2) is 27.8 Å². The molecular formula is C17H17N5O4. The minimum absolute atomic E-state index is 0.122. The van der Waals surface area contributed by atoms with Gasteiger partial charge in [-0.2, -0.15) is 5.10 Å². The molecular weight excluding hydrogens is 338 g/mol. The van der Waals surface area contributed by atoms with Crippen molar-refractivity contribution < 1.29 is 14.5 Å². The Morgan fingerprint density at radius 2 is 1.85 bits per heavy atom. The largest absolute Gasteiger partial charge is 0.490 e. The van der Waals surface area contributed by atoms with Crippen LogP contribution in [-0.2, 0) is 7.05 Å². The number of nitrogens with zero attached hydrogens (tertiary/aromatic N) is 3. The van der Waals surface area contributed by atoms with Crippen molar-refractivity contribution in [2.75, 3.05) is 17.7 Å². The summed E-state index contributed by atoms with van der Waals surface area (Å²) < 4.78 is 6.70. The number of carbonyl (C=O) groups excluding carboxylic acids is 1. The maximum Gasteiger partial charge on any atom is 0.323 e. The van der Waals surface area contributed by atoms with Gasteiger partial charge in [-0.3, -0.25) is 14.8 Å². The summed E-state index contributed by atoms with van der Waals surface area (Å²) in [4.78, 5) is 22.7. The molecule has 2 aromatic carbocycles. The molecule has 0 aliphatic carbocycles. The molecule has 3 aromatic rings. The van der Waals surface area contributed by atoms with Crippen LogP contribution in [0.15, 0.2) is 36.4 Å². The van der Waals surface area contributed by atoms with Crippen LogP contribution in [0.1, 0.15) is 5.69 Å². The Bertz CT molecular complexity index is 1010. The van der Waals surface area contributed by atoms with Gasteiger partial charge in [-0.1, -0.05) is 0 Å². The topological polar surface area (TPSA) is 111 Å². The van der Waals surface area contributed by atoms with E-state index in [4.69, 9.17) is 4.74 Å². The zero-order valence-electron chi connectivity index (χ0n) is 14.4. The Morgan fingerprint density at radius 3 is 2.50 bits per heavy atom. The summed E-state index contributed by atoms with van der Waals surface area (Å²) in [6.07, 6.45) is 0. The summed E-state index contributed by atoms with van der Waals surface area (Å²) in [6.45, 7) is 1.96. The average Bonchev–Trinajstić information content (AvgIpc) is 2.88. The van der Waals surface area contributed by atoms with E-state index in [1.807, 2.05) is 20.0 Å². The number of anilines is 2. The molecule has 26 heavy (non-hydrogen) atoms. The molecule has 0 radical (unpaired) electrons. The predicted octanol–water partition coefficient (Wildman–Crippen LogP) is 3.44. The van der Waals surface area contributed by atoms with Gasteiger partial charge in [0.1, 0.15) is 0 Å². The molecule has 3 rings (SSSR count). The summed E-state index contributed by atoms with van der Waals surface area (Å²) >= 11 is 0. The van der Waals surface area contributed by atoms with E-state index in [1.54, 1.807) is 16.8 Å². The van der Waals surface area contributed by atoms with E-state index in [0.717, 1.165) is 16.6 Å². The highest BCUT2D eigenvalue weighted by Gasteiger charge is 2.16. The molecule has 0 fully saturated rings. The van der Waals surface area contributed by atoms with Crippen LogP contribution < -0.4 is 15.4 Å². The van der Waals surface area contributed by atoms with Gasteiger partial charge in [-0.15, -0.1) is 0 Å². The number of aryl methyl sites for hydroxylation is 2. The normalized spacial score (nSPS) is 10.6. The molecule has 1 heterocycles. The third kappa shape index (κ3) is 3.27. The minimum Gasteiger partial charge on any atom is -0.490 e. The van der Waals surface area contributed by atoms with Crippen LogP contribution >= 0.6 is 0 Å². The molecule has 134 valence electrons. The maximum absolute atomic E-state index is 12.2. The maximum atomic E-state index is 12.2. The lowest BCUT2D eigenvalue weighted by molar-refractivity contribution is -0.385. The Balaban J connectivity index is 1.76. The number of aromatic nitrogens is 2. The molecule has 0 bridgehead atoms. The van der Waals surface area contributed by atoms with Gasteiger partial charge >= 0.3 is 11.7 Å². The smallest absolute Gasteiger partial charge is 0.323 e. The summed E-state index contributed by atoms with van der Waals surface area (Å²) in [5.74, 6) is 0.122.